The number of aryl methyl sites for hydroxylation is 1. The zero-order valence-corrected chi connectivity index (χ0v) is 18.1. The highest BCUT2D eigenvalue weighted by atomic mass is 19.1. The van der Waals surface area contributed by atoms with E-state index in [1.807, 2.05) is 0 Å². The molecule has 3 aromatic heterocycles. The van der Waals surface area contributed by atoms with Crippen LogP contribution >= 0.6 is 0 Å². The lowest BCUT2D eigenvalue weighted by Crippen LogP contribution is -2.21. The third-order valence-corrected chi connectivity index (χ3v) is 5.72. The zero-order chi connectivity index (χ0) is 23.4. The SMILES string of the molecule is CC1Oc2nc(cnc2N)-c2c(nn(C)c2C#N)Cc2cc(=O)n(C)n2-c2ccc(F)cc21. The third kappa shape index (κ3) is 3.15. The van der Waals surface area contributed by atoms with E-state index < -0.39 is 11.9 Å². The van der Waals surface area contributed by atoms with Crippen molar-refractivity contribution in [3.8, 4) is 28.9 Å². The smallest absolute Gasteiger partial charge is 0.266 e. The van der Waals surface area contributed by atoms with Gasteiger partial charge in [-0.3, -0.25) is 14.2 Å². The predicted molar refractivity (Wildman–Crippen MR) is 116 cm³/mol. The van der Waals surface area contributed by atoms with Gasteiger partial charge in [0.25, 0.3) is 11.4 Å². The van der Waals surface area contributed by atoms with E-state index in [0.717, 1.165) is 0 Å². The average molecular weight is 446 g/mol. The Kier molecular flexibility index (Phi) is 4.52. The number of nitrogens with zero attached hydrogens (tertiary/aromatic N) is 7. The van der Waals surface area contributed by atoms with Crippen molar-refractivity contribution in [1.29, 1.82) is 5.26 Å². The number of hydrogen-bond acceptors (Lipinski definition) is 7. The summed E-state index contributed by atoms with van der Waals surface area (Å²) in [6.45, 7) is 1.73. The Morgan fingerprint density at radius 2 is 2.09 bits per heavy atom. The molecular formula is C22H19FN8O2. The molecular weight excluding hydrogens is 427 g/mol. The van der Waals surface area contributed by atoms with Gasteiger partial charge in [0.1, 0.15) is 23.7 Å². The standard InChI is InChI=1S/C22H19FN8O2/c1-11-14-6-12(23)4-5-17(14)31-13(8-19(32)30(31)3)7-15-20(18(9-24)29(2)28-15)16-10-26-21(25)22(27-16)33-11/h4-6,8,10-11H,7H2,1-3H3,(H2,25,26). The van der Waals surface area contributed by atoms with Crippen molar-refractivity contribution in [3.05, 3.63) is 69.3 Å². The fourth-order valence-electron chi connectivity index (χ4n) is 4.17. The molecule has 2 bridgehead atoms. The number of aromatic nitrogens is 6. The maximum Gasteiger partial charge on any atom is 0.266 e. The van der Waals surface area contributed by atoms with Crippen LogP contribution in [0.25, 0.3) is 16.9 Å². The topological polar surface area (TPSA) is 130 Å². The highest BCUT2D eigenvalue weighted by Crippen LogP contribution is 2.34. The molecule has 33 heavy (non-hydrogen) atoms. The van der Waals surface area contributed by atoms with Crippen molar-refractivity contribution in [2.75, 3.05) is 5.73 Å². The molecule has 0 spiro atoms. The number of nitrogens with two attached hydrogens (primary N) is 1. The van der Waals surface area contributed by atoms with Gasteiger partial charge in [-0.2, -0.15) is 10.4 Å². The van der Waals surface area contributed by atoms with E-state index in [-0.39, 0.29) is 29.4 Å². The Labute approximate surface area is 187 Å². The lowest BCUT2D eigenvalue weighted by atomic mass is 10.0. The Bertz CT molecular complexity index is 1520. The molecule has 1 atom stereocenters. The van der Waals surface area contributed by atoms with Crippen LogP contribution < -0.4 is 16.0 Å². The van der Waals surface area contributed by atoms with Crippen LogP contribution in [0.1, 0.15) is 35.7 Å². The highest BCUT2D eigenvalue weighted by Gasteiger charge is 2.26. The molecule has 1 aliphatic rings. The lowest BCUT2D eigenvalue weighted by Gasteiger charge is -2.22. The molecule has 1 aliphatic heterocycles. The average Bonchev–Trinajstić information content (AvgIpc) is 3.24. The van der Waals surface area contributed by atoms with Crippen molar-refractivity contribution in [2.45, 2.75) is 19.4 Å². The van der Waals surface area contributed by atoms with Crippen molar-refractivity contribution < 1.29 is 9.13 Å². The first-order valence-corrected chi connectivity index (χ1v) is 10.1. The molecule has 0 aliphatic carbocycles. The predicted octanol–water partition coefficient (Wildman–Crippen LogP) is 2.00. The number of fused-ring (bicyclic) bond motifs is 7. The first-order chi connectivity index (χ1) is 15.8. The summed E-state index contributed by atoms with van der Waals surface area (Å²) in [5, 5.41) is 14.3. The van der Waals surface area contributed by atoms with E-state index in [1.54, 1.807) is 31.8 Å². The monoisotopic (exact) mass is 446 g/mol. The minimum Gasteiger partial charge on any atom is -0.467 e. The quantitative estimate of drug-likeness (QED) is 0.437. The maximum absolute atomic E-state index is 14.3. The summed E-state index contributed by atoms with van der Waals surface area (Å²) in [6.07, 6.45) is 0.983. The summed E-state index contributed by atoms with van der Waals surface area (Å²) in [5.41, 5.74) is 9.08. The van der Waals surface area contributed by atoms with Crippen LogP contribution in [0.3, 0.4) is 0 Å². The Morgan fingerprint density at radius 1 is 1.30 bits per heavy atom. The third-order valence-electron chi connectivity index (χ3n) is 5.72. The van der Waals surface area contributed by atoms with E-state index in [0.29, 0.717) is 33.9 Å². The van der Waals surface area contributed by atoms with E-state index in [1.165, 1.54) is 33.8 Å². The summed E-state index contributed by atoms with van der Waals surface area (Å²) in [7, 11) is 3.28. The van der Waals surface area contributed by atoms with Crippen LogP contribution in [0.5, 0.6) is 5.88 Å². The van der Waals surface area contributed by atoms with Gasteiger partial charge >= 0.3 is 0 Å². The normalized spacial score (nSPS) is 14.7. The van der Waals surface area contributed by atoms with Crippen LogP contribution in [0.2, 0.25) is 0 Å². The fraction of sp³-hybridized carbons (Fsp3) is 0.227. The zero-order valence-electron chi connectivity index (χ0n) is 18.1. The molecule has 0 fully saturated rings. The van der Waals surface area contributed by atoms with Gasteiger partial charge in [0.2, 0.25) is 0 Å². The second kappa shape index (κ2) is 7.30. The summed E-state index contributed by atoms with van der Waals surface area (Å²) < 4.78 is 24.9. The lowest BCUT2D eigenvalue weighted by molar-refractivity contribution is 0.217. The summed E-state index contributed by atoms with van der Waals surface area (Å²) in [5.74, 6) is -0.344. The number of benzene rings is 1. The van der Waals surface area contributed by atoms with E-state index >= 15 is 0 Å². The van der Waals surface area contributed by atoms with Gasteiger partial charge in [0.05, 0.1) is 34.5 Å². The molecule has 10 nitrogen and oxygen atoms in total. The minimum atomic E-state index is -0.684. The number of rotatable bonds is 0. The van der Waals surface area contributed by atoms with Gasteiger partial charge in [-0.05, 0) is 25.1 Å². The van der Waals surface area contributed by atoms with Crippen molar-refractivity contribution in [1.82, 2.24) is 29.1 Å². The van der Waals surface area contributed by atoms with Crippen LogP contribution in [0.15, 0.2) is 35.3 Å². The summed E-state index contributed by atoms with van der Waals surface area (Å²) in [6, 6.07) is 7.91. The molecule has 11 heteroatoms. The summed E-state index contributed by atoms with van der Waals surface area (Å²) >= 11 is 0. The highest BCUT2D eigenvalue weighted by molar-refractivity contribution is 5.70. The molecule has 4 heterocycles. The number of anilines is 1. The molecule has 1 unspecified atom stereocenters. The fourth-order valence-corrected chi connectivity index (χ4v) is 4.17. The van der Waals surface area contributed by atoms with Gasteiger partial charge in [0.15, 0.2) is 5.82 Å². The molecule has 2 N–H and O–H groups in total. The molecule has 166 valence electrons. The van der Waals surface area contributed by atoms with Crippen molar-refractivity contribution >= 4 is 5.82 Å². The minimum absolute atomic E-state index is 0.0519. The molecule has 0 saturated carbocycles. The Morgan fingerprint density at radius 3 is 2.85 bits per heavy atom. The molecule has 0 radical (unpaired) electrons. The van der Waals surface area contributed by atoms with Gasteiger partial charge in [0, 0.05) is 32.1 Å². The first kappa shape index (κ1) is 20.4. The molecule has 0 saturated heterocycles. The Balaban J connectivity index is 1.88. The first-order valence-electron chi connectivity index (χ1n) is 10.1. The number of nitriles is 1. The van der Waals surface area contributed by atoms with Crippen molar-refractivity contribution in [2.24, 2.45) is 14.1 Å². The van der Waals surface area contributed by atoms with Gasteiger partial charge in [-0.1, -0.05) is 0 Å². The van der Waals surface area contributed by atoms with E-state index in [2.05, 4.69) is 21.1 Å². The van der Waals surface area contributed by atoms with Gasteiger partial charge < -0.3 is 10.5 Å². The number of halogens is 1. The van der Waals surface area contributed by atoms with Crippen LogP contribution in [-0.2, 0) is 20.5 Å². The van der Waals surface area contributed by atoms with E-state index in [9.17, 15) is 14.4 Å². The summed E-state index contributed by atoms with van der Waals surface area (Å²) in [4.78, 5) is 21.4. The van der Waals surface area contributed by atoms with Crippen molar-refractivity contribution in [3.63, 3.8) is 0 Å². The van der Waals surface area contributed by atoms with Gasteiger partial charge in [-0.25, -0.2) is 19.0 Å². The molecule has 4 aromatic rings. The number of nitrogen functional groups attached to an aromatic ring is 1. The van der Waals surface area contributed by atoms with Gasteiger partial charge in [-0.15, -0.1) is 0 Å². The van der Waals surface area contributed by atoms with Crippen LogP contribution in [0.4, 0.5) is 10.2 Å². The van der Waals surface area contributed by atoms with Crippen LogP contribution in [-0.4, -0.2) is 29.1 Å². The molecule has 0 amide bonds. The second-order valence-electron chi connectivity index (χ2n) is 7.80. The van der Waals surface area contributed by atoms with Crippen LogP contribution in [0, 0.1) is 17.1 Å². The largest absolute Gasteiger partial charge is 0.467 e. The Hall–Kier alpha value is -4.46. The number of ether oxygens (including phenoxy) is 1. The second-order valence-corrected chi connectivity index (χ2v) is 7.80. The molecule has 1 aromatic carbocycles. The molecule has 5 rings (SSSR count). The maximum atomic E-state index is 14.3. The number of hydrogen-bond donors (Lipinski definition) is 1. The van der Waals surface area contributed by atoms with E-state index in [4.69, 9.17) is 10.5 Å².